The molecule has 0 bridgehead atoms. The molecule has 0 nitrogen and oxygen atoms in total. The minimum absolute atomic E-state index is 0.994. The minimum atomic E-state index is 0.994. The summed E-state index contributed by atoms with van der Waals surface area (Å²) in [4.78, 5) is 0. The molecule has 0 amide bonds. The average Bonchev–Trinajstić information content (AvgIpc) is 2.38. The minimum Gasteiger partial charge on any atom is -0.0625 e. The smallest absolute Gasteiger partial charge is 0.0409 e. The third-order valence-electron chi connectivity index (χ3n) is 5.83. The van der Waals surface area contributed by atoms with Crippen molar-refractivity contribution in [2.75, 3.05) is 0 Å². The zero-order valence-electron chi connectivity index (χ0n) is 13.5. The fourth-order valence-corrected chi connectivity index (χ4v) is 4.63. The van der Waals surface area contributed by atoms with Crippen LogP contribution in [0.1, 0.15) is 97.3 Å². The SMILES string of the molecule is CC1CCCCCC(CC2CCCC(C)C2)CCC1. The summed E-state index contributed by atoms with van der Waals surface area (Å²) in [6, 6.07) is 0. The lowest BCUT2D eigenvalue weighted by molar-refractivity contribution is 0.219. The molecule has 2 saturated carbocycles. The van der Waals surface area contributed by atoms with Crippen LogP contribution in [-0.4, -0.2) is 0 Å². The standard InChI is InChI=1S/C19H36/c1-16-8-4-3-5-11-18(12-6-9-16)15-19-13-7-10-17(2)14-19/h16-19H,3-15H2,1-2H3. The summed E-state index contributed by atoms with van der Waals surface area (Å²) in [6.07, 6.45) is 19.7. The second-order valence-electron chi connectivity index (χ2n) is 7.91. The van der Waals surface area contributed by atoms with Crippen LogP contribution in [0.5, 0.6) is 0 Å². The van der Waals surface area contributed by atoms with E-state index in [0.29, 0.717) is 0 Å². The monoisotopic (exact) mass is 264 g/mol. The number of hydrogen-bond donors (Lipinski definition) is 0. The lowest BCUT2D eigenvalue weighted by Gasteiger charge is -2.30. The van der Waals surface area contributed by atoms with E-state index in [4.69, 9.17) is 0 Å². The molecule has 0 heteroatoms. The van der Waals surface area contributed by atoms with Gasteiger partial charge in [-0.3, -0.25) is 0 Å². The Balaban J connectivity index is 1.76. The first-order chi connectivity index (χ1) is 9.24. The van der Waals surface area contributed by atoms with Crippen LogP contribution in [0.25, 0.3) is 0 Å². The van der Waals surface area contributed by atoms with E-state index in [2.05, 4.69) is 13.8 Å². The molecule has 0 aromatic heterocycles. The molecule has 0 spiro atoms. The van der Waals surface area contributed by atoms with Gasteiger partial charge in [0.05, 0.1) is 0 Å². The zero-order chi connectivity index (χ0) is 13.5. The summed E-state index contributed by atoms with van der Waals surface area (Å²) in [5, 5.41) is 0. The highest BCUT2D eigenvalue weighted by Gasteiger charge is 2.22. The van der Waals surface area contributed by atoms with Gasteiger partial charge in [0.1, 0.15) is 0 Å². The van der Waals surface area contributed by atoms with E-state index in [1.807, 2.05) is 0 Å². The molecule has 4 unspecified atom stereocenters. The Morgan fingerprint density at radius 2 is 1.16 bits per heavy atom. The van der Waals surface area contributed by atoms with Gasteiger partial charge in [-0.05, 0) is 36.5 Å². The first-order valence-electron chi connectivity index (χ1n) is 9.24. The van der Waals surface area contributed by atoms with Crippen molar-refractivity contribution in [3.05, 3.63) is 0 Å². The van der Waals surface area contributed by atoms with Crippen LogP contribution in [0.3, 0.4) is 0 Å². The highest BCUT2D eigenvalue weighted by Crippen LogP contribution is 2.36. The molecule has 4 atom stereocenters. The number of rotatable bonds is 2. The summed E-state index contributed by atoms with van der Waals surface area (Å²) in [5.41, 5.74) is 0. The molecule has 0 saturated heterocycles. The van der Waals surface area contributed by atoms with Gasteiger partial charge in [0, 0.05) is 0 Å². The van der Waals surface area contributed by atoms with E-state index in [-0.39, 0.29) is 0 Å². The van der Waals surface area contributed by atoms with Gasteiger partial charge in [-0.1, -0.05) is 84.5 Å². The van der Waals surface area contributed by atoms with Crippen molar-refractivity contribution in [1.29, 1.82) is 0 Å². The third kappa shape index (κ3) is 5.88. The van der Waals surface area contributed by atoms with Crippen LogP contribution in [0.15, 0.2) is 0 Å². The Labute approximate surface area is 121 Å². The quantitative estimate of drug-likeness (QED) is 0.528. The fourth-order valence-electron chi connectivity index (χ4n) is 4.63. The van der Waals surface area contributed by atoms with E-state index >= 15 is 0 Å². The maximum absolute atomic E-state index is 2.47. The summed E-state index contributed by atoms with van der Waals surface area (Å²) < 4.78 is 0. The highest BCUT2D eigenvalue weighted by molar-refractivity contribution is 4.74. The summed E-state index contributed by atoms with van der Waals surface area (Å²) in [7, 11) is 0. The molecule has 0 aliphatic heterocycles. The third-order valence-corrected chi connectivity index (χ3v) is 5.83. The molecule has 0 aromatic rings. The predicted molar refractivity (Wildman–Crippen MR) is 85.3 cm³/mol. The lowest BCUT2D eigenvalue weighted by Crippen LogP contribution is -2.17. The van der Waals surface area contributed by atoms with Gasteiger partial charge >= 0.3 is 0 Å². The second-order valence-corrected chi connectivity index (χ2v) is 7.91. The van der Waals surface area contributed by atoms with E-state index < -0.39 is 0 Å². The molecule has 0 aromatic carbocycles. The van der Waals surface area contributed by atoms with Crippen molar-refractivity contribution in [3.63, 3.8) is 0 Å². The Morgan fingerprint density at radius 3 is 2.00 bits per heavy atom. The normalized spacial score (nSPS) is 38.8. The van der Waals surface area contributed by atoms with Crippen molar-refractivity contribution in [2.45, 2.75) is 97.3 Å². The van der Waals surface area contributed by atoms with E-state index in [0.717, 1.165) is 23.7 Å². The molecule has 2 rings (SSSR count). The Kier molecular flexibility index (Phi) is 6.74. The maximum atomic E-state index is 2.47. The van der Waals surface area contributed by atoms with Crippen LogP contribution in [-0.2, 0) is 0 Å². The van der Waals surface area contributed by atoms with E-state index in [1.54, 1.807) is 12.8 Å². The second kappa shape index (κ2) is 8.32. The first kappa shape index (κ1) is 15.4. The average molecular weight is 264 g/mol. The molecule has 2 aliphatic carbocycles. The van der Waals surface area contributed by atoms with Crippen molar-refractivity contribution in [2.24, 2.45) is 23.7 Å². The van der Waals surface area contributed by atoms with Gasteiger partial charge in [0.2, 0.25) is 0 Å². The summed E-state index contributed by atoms with van der Waals surface area (Å²) in [5.74, 6) is 4.15. The van der Waals surface area contributed by atoms with Crippen LogP contribution < -0.4 is 0 Å². The van der Waals surface area contributed by atoms with E-state index in [1.165, 1.54) is 70.6 Å². The van der Waals surface area contributed by atoms with Gasteiger partial charge in [0.25, 0.3) is 0 Å². The molecule has 19 heavy (non-hydrogen) atoms. The Bertz CT molecular complexity index is 232. The molecular weight excluding hydrogens is 228 g/mol. The molecule has 112 valence electrons. The van der Waals surface area contributed by atoms with Gasteiger partial charge in [0.15, 0.2) is 0 Å². The van der Waals surface area contributed by atoms with Crippen LogP contribution in [0.4, 0.5) is 0 Å². The van der Waals surface area contributed by atoms with Gasteiger partial charge in [-0.25, -0.2) is 0 Å². The topological polar surface area (TPSA) is 0 Å². The fraction of sp³-hybridized carbons (Fsp3) is 1.00. The molecule has 0 N–H and O–H groups in total. The van der Waals surface area contributed by atoms with E-state index in [9.17, 15) is 0 Å². The first-order valence-corrected chi connectivity index (χ1v) is 9.24. The summed E-state index contributed by atoms with van der Waals surface area (Å²) >= 11 is 0. The van der Waals surface area contributed by atoms with Gasteiger partial charge in [-0.2, -0.15) is 0 Å². The van der Waals surface area contributed by atoms with Gasteiger partial charge in [-0.15, -0.1) is 0 Å². The molecular formula is C19H36. The van der Waals surface area contributed by atoms with Crippen molar-refractivity contribution < 1.29 is 0 Å². The van der Waals surface area contributed by atoms with Crippen molar-refractivity contribution >= 4 is 0 Å². The molecule has 0 radical (unpaired) electrons. The number of hydrogen-bond acceptors (Lipinski definition) is 0. The van der Waals surface area contributed by atoms with Crippen LogP contribution in [0, 0.1) is 23.7 Å². The van der Waals surface area contributed by atoms with Gasteiger partial charge < -0.3 is 0 Å². The Morgan fingerprint density at radius 1 is 0.579 bits per heavy atom. The van der Waals surface area contributed by atoms with Crippen molar-refractivity contribution in [1.82, 2.24) is 0 Å². The Hall–Kier alpha value is 0. The lowest BCUT2D eigenvalue weighted by atomic mass is 9.76. The maximum Gasteiger partial charge on any atom is -0.0409 e. The summed E-state index contributed by atoms with van der Waals surface area (Å²) in [6.45, 7) is 4.95. The van der Waals surface area contributed by atoms with Crippen LogP contribution >= 0.6 is 0 Å². The molecule has 2 aliphatic rings. The zero-order valence-corrected chi connectivity index (χ0v) is 13.5. The molecule has 0 heterocycles. The highest BCUT2D eigenvalue weighted by atomic mass is 14.3. The largest absolute Gasteiger partial charge is 0.0625 e. The van der Waals surface area contributed by atoms with Crippen LogP contribution in [0.2, 0.25) is 0 Å². The molecule has 2 fully saturated rings. The predicted octanol–water partition coefficient (Wildman–Crippen LogP) is 6.59. The van der Waals surface area contributed by atoms with Crippen molar-refractivity contribution in [3.8, 4) is 0 Å².